The van der Waals surface area contributed by atoms with Crippen LogP contribution in [0.2, 0.25) is 0 Å². The highest BCUT2D eigenvalue weighted by molar-refractivity contribution is 7.71. The van der Waals surface area contributed by atoms with Crippen molar-refractivity contribution in [1.82, 2.24) is 9.97 Å². The van der Waals surface area contributed by atoms with E-state index in [9.17, 15) is 0 Å². The standard InChI is InChI=1S/C10H16N2OS/c1-4-8-7(2)11-9(5-6-13-3)12-10(8)14/h4-6H2,1-3H3,(H,11,12,14). The molecule has 0 aliphatic carbocycles. The Labute approximate surface area is 89.5 Å². The SMILES string of the molecule is CCc1c(C)[nH]c(CCOC)nc1=S. The van der Waals surface area contributed by atoms with Gasteiger partial charge in [0.1, 0.15) is 10.5 Å². The van der Waals surface area contributed by atoms with Crippen molar-refractivity contribution in [2.24, 2.45) is 0 Å². The van der Waals surface area contributed by atoms with Crippen molar-refractivity contribution in [2.75, 3.05) is 13.7 Å². The monoisotopic (exact) mass is 212 g/mol. The lowest BCUT2D eigenvalue weighted by Crippen LogP contribution is -2.05. The van der Waals surface area contributed by atoms with E-state index in [1.54, 1.807) is 7.11 Å². The van der Waals surface area contributed by atoms with Gasteiger partial charge in [-0.2, -0.15) is 0 Å². The van der Waals surface area contributed by atoms with Crippen LogP contribution >= 0.6 is 12.2 Å². The Morgan fingerprint density at radius 3 is 2.71 bits per heavy atom. The van der Waals surface area contributed by atoms with Crippen molar-refractivity contribution in [2.45, 2.75) is 26.7 Å². The Morgan fingerprint density at radius 1 is 1.50 bits per heavy atom. The molecule has 0 aliphatic rings. The molecule has 0 amide bonds. The van der Waals surface area contributed by atoms with E-state index in [4.69, 9.17) is 17.0 Å². The maximum absolute atomic E-state index is 5.20. The molecule has 3 nitrogen and oxygen atoms in total. The average molecular weight is 212 g/mol. The minimum Gasteiger partial charge on any atom is -0.384 e. The van der Waals surface area contributed by atoms with E-state index in [1.807, 2.05) is 6.92 Å². The first kappa shape index (κ1) is 11.3. The Hall–Kier alpha value is -0.740. The molecule has 0 fully saturated rings. The molecule has 0 atom stereocenters. The molecular weight excluding hydrogens is 196 g/mol. The van der Waals surface area contributed by atoms with E-state index in [2.05, 4.69) is 16.9 Å². The van der Waals surface area contributed by atoms with Crippen LogP contribution in [-0.2, 0) is 17.6 Å². The van der Waals surface area contributed by atoms with Gasteiger partial charge in [0.25, 0.3) is 0 Å². The first-order valence-electron chi connectivity index (χ1n) is 4.76. The topological polar surface area (TPSA) is 37.9 Å². The second kappa shape index (κ2) is 5.22. The fourth-order valence-corrected chi connectivity index (χ4v) is 1.81. The molecular formula is C10H16N2OS. The molecule has 0 saturated carbocycles. The molecule has 0 aliphatic heterocycles. The van der Waals surface area contributed by atoms with Crippen LogP contribution in [0.5, 0.6) is 0 Å². The summed E-state index contributed by atoms with van der Waals surface area (Å²) in [5.41, 5.74) is 2.26. The summed E-state index contributed by atoms with van der Waals surface area (Å²) in [7, 11) is 1.68. The average Bonchev–Trinajstić information content (AvgIpc) is 2.14. The minimum atomic E-state index is 0.670. The third-order valence-corrected chi connectivity index (χ3v) is 2.51. The molecule has 0 radical (unpaired) electrons. The van der Waals surface area contributed by atoms with Crippen molar-refractivity contribution >= 4 is 12.2 Å². The third-order valence-electron chi connectivity index (χ3n) is 2.18. The Bertz CT molecular complexity index is 360. The highest BCUT2D eigenvalue weighted by Gasteiger charge is 2.02. The van der Waals surface area contributed by atoms with Gasteiger partial charge in [0, 0.05) is 24.8 Å². The highest BCUT2D eigenvalue weighted by Crippen LogP contribution is 2.07. The number of hydrogen-bond acceptors (Lipinski definition) is 3. The molecule has 1 N–H and O–H groups in total. The van der Waals surface area contributed by atoms with Crippen LogP contribution in [0.4, 0.5) is 0 Å². The number of methoxy groups -OCH3 is 1. The van der Waals surface area contributed by atoms with Gasteiger partial charge in [-0.1, -0.05) is 19.1 Å². The van der Waals surface area contributed by atoms with Crippen LogP contribution in [0.15, 0.2) is 0 Å². The van der Waals surface area contributed by atoms with Gasteiger partial charge in [-0.25, -0.2) is 4.98 Å². The van der Waals surface area contributed by atoms with Crippen LogP contribution in [0.1, 0.15) is 24.0 Å². The number of ether oxygens (including phenoxy) is 1. The first-order valence-corrected chi connectivity index (χ1v) is 5.17. The van der Waals surface area contributed by atoms with Gasteiger partial charge < -0.3 is 9.72 Å². The van der Waals surface area contributed by atoms with Crippen molar-refractivity contribution in [3.05, 3.63) is 21.7 Å². The number of aromatic nitrogens is 2. The van der Waals surface area contributed by atoms with E-state index in [0.717, 1.165) is 34.6 Å². The van der Waals surface area contributed by atoms with Crippen LogP contribution < -0.4 is 0 Å². The lowest BCUT2D eigenvalue weighted by atomic mass is 10.2. The van der Waals surface area contributed by atoms with Crippen LogP contribution in [0, 0.1) is 11.6 Å². The zero-order chi connectivity index (χ0) is 10.6. The van der Waals surface area contributed by atoms with Crippen LogP contribution in [0.3, 0.4) is 0 Å². The third kappa shape index (κ3) is 2.62. The second-order valence-electron chi connectivity index (χ2n) is 3.19. The lowest BCUT2D eigenvalue weighted by Gasteiger charge is -2.06. The molecule has 78 valence electrons. The molecule has 1 rings (SSSR count). The summed E-state index contributed by atoms with van der Waals surface area (Å²) in [5, 5.41) is 0. The van der Waals surface area contributed by atoms with Gasteiger partial charge >= 0.3 is 0 Å². The fraction of sp³-hybridized carbons (Fsp3) is 0.600. The number of hydrogen-bond donors (Lipinski definition) is 1. The molecule has 0 bridgehead atoms. The summed E-state index contributed by atoms with van der Waals surface area (Å²) in [6.45, 7) is 4.79. The van der Waals surface area contributed by atoms with Gasteiger partial charge in [0.05, 0.1) is 6.61 Å². The number of rotatable bonds is 4. The summed E-state index contributed by atoms with van der Waals surface area (Å²) in [4.78, 5) is 7.57. The van der Waals surface area contributed by atoms with Gasteiger partial charge in [0.15, 0.2) is 0 Å². The number of nitrogens with one attached hydrogen (secondary N) is 1. The Balaban J connectivity index is 2.96. The summed E-state index contributed by atoms with van der Waals surface area (Å²) in [5.74, 6) is 0.909. The lowest BCUT2D eigenvalue weighted by molar-refractivity contribution is 0.200. The molecule has 1 aromatic heterocycles. The predicted octanol–water partition coefficient (Wildman–Crippen LogP) is 2.20. The minimum absolute atomic E-state index is 0.670. The maximum Gasteiger partial charge on any atom is 0.133 e. The molecule has 4 heteroatoms. The Kier molecular flexibility index (Phi) is 4.22. The predicted molar refractivity (Wildman–Crippen MR) is 59.1 cm³/mol. The molecule has 1 aromatic rings. The van der Waals surface area contributed by atoms with E-state index in [-0.39, 0.29) is 0 Å². The van der Waals surface area contributed by atoms with Gasteiger partial charge in [-0.05, 0) is 13.3 Å². The van der Waals surface area contributed by atoms with Gasteiger partial charge in [-0.15, -0.1) is 0 Å². The largest absolute Gasteiger partial charge is 0.384 e. The zero-order valence-corrected chi connectivity index (χ0v) is 9.70. The van der Waals surface area contributed by atoms with E-state index < -0.39 is 0 Å². The van der Waals surface area contributed by atoms with E-state index >= 15 is 0 Å². The number of nitrogens with zero attached hydrogens (tertiary/aromatic N) is 1. The normalized spacial score (nSPS) is 10.5. The van der Waals surface area contributed by atoms with Crippen molar-refractivity contribution in [3.63, 3.8) is 0 Å². The van der Waals surface area contributed by atoms with E-state index in [1.165, 1.54) is 0 Å². The molecule has 1 heterocycles. The summed E-state index contributed by atoms with van der Waals surface area (Å²) < 4.78 is 5.71. The second-order valence-corrected chi connectivity index (χ2v) is 3.58. The van der Waals surface area contributed by atoms with Crippen LogP contribution in [-0.4, -0.2) is 23.7 Å². The molecule has 14 heavy (non-hydrogen) atoms. The van der Waals surface area contributed by atoms with Gasteiger partial charge in [0.2, 0.25) is 0 Å². The summed E-state index contributed by atoms with van der Waals surface area (Å²) in [6.07, 6.45) is 1.71. The number of H-pyrrole nitrogens is 1. The Morgan fingerprint density at radius 2 is 2.21 bits per heavy atom. The van der Waals surface area contributed by atoms with Crippen molar-refractivity contribution < 1.29 is 4.74 Å². The quantitative estimate of drug-likeness (QED) is 0.777. The number of aromatic amines is 1. The molecule has 0 aromatic carbocycles. The summed E-state index contributed by atoms with van der Waals surface area (Å²) in [6, 6.07) is 0. The van der Waals surface area contributed by atoms with E-state index in [0.29, 0.717) is 6.61 Å². The molecule has 0 unspecified atom stereocenters. The van der Waals surface area contributed by atoms with Crippen LogP contribution in [0.25, 0.3) is 0 Å². The maximum atomic E-state index is 5.20. The molecule has 0 spiro atoms. The smallest absolute Gasteiger partial charge is 0.133 e. The van der Waals surface area contributed by atoms with Gasteiger partial charge in [-0.3, -0.25) is 0 Å². The van der Waals surface area contributed by atoms with Crippen molar-refractivity contribution in [1.29, 1.82) is 0 Å². The highest BCUT2D eigenvalue weighted by atomic mass is 32.1. The summed E-state index contributed by atoms with van der Waals surface area (Å²) >= 11 is 5.20. The zero-order valence-electron chi connectivity index (χ0n) is 8.89. The van der Waals surface area contributed by atoms with Crippen molar-refractivity contribution in [3.8, 4) is 0 Å². The molecule has 0 saturated heterocycles. The number of aryl methyl sites for hydroxylation is 1. The first-order chi connectivity index (χ1) is 6.69. The fourth-order valence-electron chi connectivity index (χ4n) is 1.40.